The van der Waals surface area contributed by atoms with Crippen molar-refractivity contribution in [1.82, 2.24) is 6.15 Å². The van der Waals surface area contributed by atoms with E-state index in [2.05, 4.69) is 50.6 Å². The van der Waals surface area contributed by atoms with Crippen LogP contribution in [0.3, 0.4) is 0 Å². The molecule has 1 aromatic carbocycles. The van der Waals surface area contributed by atoms with Gasteiger partial charge in [0, 0.05) is 0 Å². The molecular weight excluding hydrogens is 361 g/mol. The maximum Gasteiger partial charge on any atom is 0.144 e. The minimum Gasteiger partial charge on any atom is -0.344 e. The van der Waals surface area contributed by atoms with Crippen molar-refractivity contribution in [3.8, 4) is 0 Å². The fraction of sp³-hybridized carbons (Fsp3) is 0.760. The van der Waals surface area contributed by atoms with Gasteiger partial charge in [-0.15, -0.1) is 0 Å². The minimum absolute atomic E-state index is 0. The molecule has 0 amide bonds. The first-order chi connectivity index (χ1) is 13.1. The molecule has 1 rings (SSSR count). The van der Waals surface area contributed by atoms with Gasteiger partial charge in [-0.2, -0.15) is 0 Å². The molecule has 28 heavy (non-hydrogen) atoms. The highest BCUT2D eigenvalue weighted by Crippen LogP contribution is 2.55. The molecule has 0 aliphatic rings. The molecule has 0 atom stereocenters. The zero-order valence-electron chi connectivity index (χ0n) is 19.3. The van der Waals surface area contributed by atoms with Crippen LogP contribution in [-0.4, -0.2) is 19.9 Å². The predicted molar refractivity (Wildman–Crippen MR) is 130 cm³/mol. The standard InChI is InChI=1S/C25H46OP.H3N/c1-4-5-6-7-8-9-10-11-12-13-14-15-16-20-23-26-27(2,3)24-25-21-18-17-19-22-25;/h17-19,21-22H,4-16,20,23-24H2,1-3H3;1H3/q+1;. The van der Waals surface area contributed by atoms with Gasteiger partial charge in [-0.1, -0.05) is 121 Å². The minimum atomic E-state index is -1.25. The summed E-state index contributed by atoms with van der Waals surface area (Å²) in [5.74, 6) is 0. The Morgan fingerprint density at radius 1 is 0.643 bits per heavy atom. The number of rotatable bonds is 18. The second kappa shape index (κ2) is 18.6. The zero-order chi connectivity index (χ0) is 19.6. The topological polar surface area (TPSA) is 44.2 Å². The summed E-state index contributed by atoms with van der Waals surface area (Å²) in [7, 11) is -1.25. The largest absolute Gasteiger partial charge is 0.344 e. The van der Waals surface area contributed by atoms with E-state index < -0.39 is 7.49 Å². The third-order valence-corrected chi connectivity index (χ3v) is 7.35. The van der Waals surface area contributed by atoms with Gasteiger partial charge in [0.2, 0.25) is 0 Å². The van der Waals surface area contributed by atoms with E-state index in [9.17, 15) is 0 Å². The predicted octanol–water partition coefficient (Wildman–Crippen LogP) is 9.04. The van der Waals surface area contributed by atoms with Crippen LogP contribution in [0.1, 0.15) is 102 Å². The van der Waals surface area contributed by atoms with Crippen LogP contribution in [0.5, 0.6) is 0 Å². The quantitative estimate of drug-likeness (QED) is 0.194. The van der Waals surface area contributed by atoms with Gasteiger partial charge in [-0.25, -0.2) is 4.52 Å². The Morgan fingerprint density at radius 2 is 1.07 bits per heavy atom. The van der Waals surface area contributed by atoms with E-state index >= 15 is 0 Å². The lowest BCUT2D eigenvalue weighted by atomic mass is 10.0. The zero-order valence-corrected chi connectivity index (χ0v) is 20.2. The summed E-state index contributed by atoms with van der Waals surface area (Å²) in [6.45, 7) is 7.89. The van der Waals surface area contributed by atoms with Crippen LogP contribution < -0.4 is 6.15 Å². The molecule has 3 heteroatoms. The van der Waals surface area contributed by atoms with E-state index in [1.165, 1.54) is 95.5 Å². The van der Waals surface area contributed by atoms with Crippen molar-refractivity contribution < 1.29 is 4.52 Å². The first kappa shape index (κ1) is 27.6. The van der Waals surface area contributed by atoms with Crippen molar-refractivity contribution in [2.75, 3.05) is 19.9 Å². The molecule has 164 valence electrons. The number of benzene rings is 1. The highest BCUT2D eigenvalue weighted by molar-refractivity contribution is 7.69. The van der Waals surface area contributed by atoms with Gasteiger partial charge in [0.05, 0.1) is 19.9 Å². The van der Waals surface area contributed by atoms with E-state index in [1.54, 1.807) is 0 Å². The third-order valence-electron chi connectivity index (χ3n) is 5.34. The third kappa shape index (κ3) is 16.5. The average molecular weight is 411 g/mol. The maximum atomic E-state index is 6.25. The van der Waals surface area contributed by atoms with Crippen LogP contribution in [0.2, 0.25) is 0 Å². The van der Waals surface area contributed by atoms with E-state index in [-0.39, 0.29) is 6.15 Å². The molecule has 0 saturated carbocycles. The number of hydrogen-bond donors (Lipinski definition) is 1. The van der Waals surface area contributed by atoms with Crippen molar-refractivity contribution in [2.45, 2.75) is 103 Å². The van der Waals surface area contributed by atoms with Gasteiger partial charge in [0.1, 0.15) is 13.7 Å². The van der Waals surface area contributed by atoms with Gasteiger partial charge < -0.3 is 6.15 Å². The first-order valence-electron chi connectivity index (χ1n) is 11.7. The molecule has 0 bridgehead atoms. The van der Waals surface area contributed by atoms with E-state index in [0.717, 1.165) is 12.8 Å². The van der Waals surface area contributed by atoms with Crippen LogP contribution >= 0.6 is 7.49 Å². The summed E-state index contributed by atoms with van der Waals surface area (Å²) in [6, 6.07) is 10.8. The number of hydrogen-bond acceptors (Lipinski definition) is 2. The summed E-state index contributed by atoms with van der Waals surface area (Å²) in [4.78, 5) is 0. The van der Waals surface area contributed by atoms with E-state index in [1.807, 2.05) is 0 Å². The monoisotopic (exact) mass is 410 g/mol. The van der Waals surface area contributed by atoms with Crippen LogP contribution in [-0.2, 0) is 10.7 Å². The summed E-state index contributed by atoms with van der Waals surface area (Å²) in [6.07, 6.45) is 20.9. The van der Waals surface area contributed by atoms with E-state index in [4.69, 9.17) is 4.52 Å². The van der Waals surface area contributed by atoms with Gasteiger partial charge >= 0.3 is 0 Å². The Hall–Kier alpha value is -0.430. The van der Waals surface area contributed by atoms with Crippen LogP contribution in [0.25, 0.3) is 0 Å². The fourth-order valence-corrected chi connectivity index (χ4v) is 5.48. The Balaban J connectivity index is 0.00000729. The molecule has 0 fully saturated rings. The molecular formula is C25H49NOP+. The smallest absolute Gasteiger partial charge is 0.144 e. The molecule has 1 aromatic rings. The Kier molecular flexibility index (Phi) is 18.3. The molecule has 0 heterocycles. The van der Waals surface area contributed by atoms with Gasteiger partial charge in [0.25, 0.3) is 0 Å². The highest BCUT2D eigenvalue weighted by atomic mass is 31.2. The van der Waals surface area contributed by atoms with Gasteiger partial charge in [-0.3, -0.25) is 0 Å². The maximum absolute atomic E-state index is 6.25. The highest BCUT2D eigenvalue weighted by Gasteiger charge is 2.26. The average Bonchev–Trinajstić information content (AvgIpc) is 2.65. The first-order valence-corrected chi connectivity index (χ1v) is 14.4. The molecule has 0 unspecified atom stereocenters. The summed E-state index contributed by atoms with van der Waals surface area (Å²) in [5, 5.41) is 0. The molecule has 0 aliphatic carbocycles. The molecule has 2 nitrogen and oxygen atoms in total. The van der Waals surface area contributed by atoms with Crippen LogP contribution in [0.15, 0.2) is 30.3 Å². The number of unbranched alkanes of at least 4 members (excludes halogenated alkanes) is 13. The summed E-state index contributed by atoms with van der Waals surface area (Å²) in [5.41, 5.74) is 1.41. The second-order valence-electron chi connectivity index (χ2n) is 8.65. The van der Waals surface area contributed by atoms with E-state index in [0.29, 0.717) is 0 Å². The van der Waals surface area contributed by atoms with Crippen LogP contribution in [0, 0.1) is 0 Å². The van der Waals surface area contributed by atoms with Crippen molar-refractivity contribution in [1.29, 1.82) is 0 Å². The molecule has 0 aromatic heterocycles. The van der Waals surface area contributed by atoms with Gasteiger partial charge in [0.15, 0.2) is 0 Å². The second-order valence-corrected chi connectivity index (χ2v) is 12.4. The Morgan fingerprint density at radius 3 is 1.54 bits per heavy atom. The fourth-order valence-electron chi connectivity index (χ4n) is 3.68. The molecule has 0 radical (unpaired) electrons. The summed E-state index contributed by atoms with van der Waals surface area (Å²) < 4.78 is 6.25. The lowest BCUT2D eigenvalue weighted by Crippen LogP contribution is -2.01. The molecule has 3 N–H and O–H groups in total. The van der Waals surface area contributed by atoms with Crippen molar-refractivity contribution in [3.63, 3.8) is 0 Å². The Labute approximate surface area is 177 Å². The van der Waals surface area contributed by atoms with Crippen molar-refractivity contribution in [2.24, 2.45) is 0 Å². The Bertz CT molecular complexity index is 435. The van der Waals surface area contributed by atoms with Gasteiger partial charge in [-0.05, 0) is 12.0 Å². The molecule has 0 saturated heterocycles. The summed E-state index contributed by atoms with van der Waals surface area (Å²) >= 11 is 0. The SMILES string of the molecule is CCCCCCCCCCCCCCCCO[P+](C)(C)Cc1ccccc1.N. The lowest BCUT2D eigenvalue weighted by Gasteiger charge is -2.17. The molecule has 0 aliphatic heterocycles. The van der Waals surface area contributed by atoms with Crippen molar-refractivity contribution in [3.05, 3.63) is 35.9 Å². The molecule has 0 spiro atoms. The van der Waals surface area contributed by atoms with Crippen LogP contribution in [0.4, 0.5) is 0 Å². The lowest BCUT2D eigenvalue weighted by molar-refractivity contribution is 0.328. The normalized spacial score (nSPS) is 11.4. The van der Waals surface area contributed by atoms with Crippen molar-refractivity contribution >= 4 is 7.49 Å².